The van der Waals surface area contributed by atoms with Crippen LogP contribution < -0.4 is 11.5 Å². The molecule has 2 nitrogen and oxygen atoms in total. The first-order valence-electron chi connectivity index (χ1n) is 5.14. The minimum atomic E-state index is -0.102. The fourth-order valence-corrected chi connectivity index (χ4v) is 1.29. The fraction of sp³-hybridized carbons (Fsp3) is 1.00. The van der Waals surface area contributed by atoms with E-state index in [-0.39, 0.29) is 6.17 Å². The monoisotopic (exact) mass is 172 g/mol. The second kappa shape index (κ2) is 7.56. The van der Waals surface area contributed by atoms with E-state index in [1.807, 2.05) is 0 Å². The Morgan fingerprint density at radius 1 is 0.833 bits per heavy atom. The van der Waals surface area contributed by atoms with Crippen LogP contribution in [-0.4, -0.2) is 6.17 Å². The summed E-state index contributed by atoms with van der Waals surface area (Å²) in [5, 5.41) is 0. The summed E-state index contributed by atoms with van der Waals surface area (Å²) in [5.74, 6) is 0.849. The summed E-state index contributed by atoms with van der Waals surface area (Å²) in [6.45, 7) is 4.55. The van der Waals surface area contributed by atoms with Crippen molar-refractivity contribution in [2.75, 3.05) is 0 Å². The van der Waals surface area contributed by atoms with E-state index < -0.39 is 0 Å². The van der Waals surface area contributed by atoms with Crippen molar-refractivity contribution in [2.45, 2.75) is 58.5 Å². The number of nitrogens with two attached hydrogens (primary N) is 2. The van der Waals surface area contributed by atoms with Crippen LogP contribution in [0.3, 0.4) is 0 Å². The Morgan fingerprint density at radius 3 is 1.75 bits per heavy atom. The Kier molecular flexibility index (Phi) is 7.51. The molecule has 0 spiro atoms. The molecule has 0 aliphatic rings. The summed E-state index contributed by atoms with van der Waals surface area (Å²) in [7, 11) is 0. The first-order valence-corrected chi connectivity index (χ1v) is 5.14. The van der Waals surface area contributed by atoms with E-state index in [0.717, 1.165) is 12.3 Å². The molecule has 0 amide bonds. The van der Waals surface area contributed by atoms with Crippen molar-refractivity contribution in [2.24, 2.45) is 17.4 Å². The summed E-state index contributed by atoms with van der Waals surface area (Å²) in [4.78, 5) is 0. The lowest BCUT2D eigenvalue weighted by Gasteiger charge is -2.05. The molecule has 4 N–H and O–H groups in total. The van der Waals surface area contributed by atoms with E-state index in [1.165, 1.54) is 32.1 Å². The Labute approximate surface area is 76.7 Å². The minimum Gasteiger partial charge on any atom is -0.316 e. The average molecular weight is 172 g/mol. The minimum absolute atomic E-state index is 0.102. The summed E-state index contributed by atoms with van der Waals surface area (Å²) < 4.78 is 0. The van der Waals surface area contributed by atoms with E-state index in [2.05, 4.69) is 13.8 Å². The van der Waals surface area contributed by atoms with Crippen LogP contribution >= 0.6 is 0 Å². The lowest BCUT2D eigenvalue weighted by Crippen LogP contribution is -2.29. The maximum Gasteiger partial charge on any atom is 0.0520 e. The quantitative estimate of drug-likeness (QED) is 0.457. The van der Waals surface area contributed by atoms with Gasteiger partial charge in [0.2, 0.25) is 0 Å². The van der Waals surface area contributed by atoms with E-state index in [0.29, 0.717) is 0 Å². The molecule has 0 aliphatic heterocycles. The van der Waals surface area contributed by atoms with E-state index in [4.69, 9.17) is 11.5 Å². The molecule has 2 heteroatoms. The van der Waals surface area contributed by atoms with Crippen molar-refractivity contribution in [3.8, 4) is 0 Å². The molecule has 12 heavy (non-hydrogen) atoms. The number of unbranched alkanes of at least 4 members (excludes halogenated alkanes) is 3. The van der Waals surface area contributed by atoms with Gasteiger partial charge in [0.05, 0.1) is 6.17 Å². The summed E-state index contributed by atoms with van der Waals surface area (Å²) in [6, 6.07) is 0. The molecule has 0 saturated heterocycles. The number of hydrogen-bond acceptors (Lipinski definition) is 2. The van der Waals surface area contributed by atoms with Gasteiger partial charge in [-0.1, -0.05) is 46.0 Å². The smallest absolute Gasteiger partial charge is 0.0520 e. The highest BCUT2D eigenvalue weighted by Crippen LogP contribution is 2.10. The van der Waals surface area contributed by atoms with Crippen molar-refractivity contribution in [1.29, 1.82) is 0 Å². The first kappa shape index (κ1) is 11.9. The second-order valence-corrected chi connectivity index (χ2v) is 4.05. The molecule has 0 aromatic rings. The molecule has 0 fully saturated rings. The topological polar surface area (TPSA) is 52.0 Å². The molecule has 0 bridgehead atoms. The molecule has 0 aromatic carbocycles. The van der Waals surface area contributed by atoms with Gasteiger partial charge >= 0.3 is 0 Å². The molecule has 0 aliphatic carbocycles. The van der Waals surface area contributed by atoms with Crippen LogP contribution in [0.1, 0.15) is 52.4 Å². The van der Waals surface area contributed by atoms with Crippen molar-refractivity contribution >= 4 is 0 Å². The molecule has 0 radical (unpaired) electrons. The largest absolute Gasteiger partial charge is 0.316 e. The van der Waals surface area contributed by atoms with Crippen LogP contribution in [0.5, 0.6) is 0 Å². The molecule has 0 aromatic heterocycles. The van der Waals surface area contributed by atoms with Gasteiger partial charge in [0, 0.05) is 0 Å². The van der Waals surface area contributed by atoms with Crippen LogP contribution in [0.25, 0.3) is 0 Å². The maximum atomic E-state index is 5.43. The molecule has 0 heterocycles. The van der Waals surface area contributed by atoms with Crippen LogP contribution in [0.15, 0.2) is 0 Å². The Morgan fingerprint density at radius 2 is 1.33 bits per heavy atom. The predicted octanol–water partition coefficient (Wildman–Crippen LogP) is 2.23. The zero-order valence-corrected chi connectivity index (χ0v) is 8.55. The molecular formula is C10H24N2. The lowest BCUT2D eigenvalue weighted by molar-refractivity contribution is 0.502. The normalized spacial score (nSPS) is 11.5. The SMILES string of the molecule is CC(C)CCCCCCC(N)N. The third-order valence-electron chi connectivity index (χ3n) is 2.07. The highest BCUT2D eigenvalue weighted by molar-refractivity contribution is 4.52. The van der Waals surface area contributed by atoms with Gasteiger partial charge in [-0.2, -0.15) is 0 Å². The van der Waals surface area contributed by atoms with Crippen LogP contribution in [0, 0.1) is 5.92 Å². The third-order valence-corrected chi connectivity index (χ3v) is 2.07. The average Bonchev–Trinajstić information content (AvgIpc) is 1.95. The van der Waals surface area contributed by atoms with Crippen molar-refractivity contribution in [3.05, 3.63) is 0 Å². The summed E-state index contributed by atoms with van der Waals surface area (Å²) >= 11 is 0. The van der Waals surface area contributed by atoms with Gasteiger partial charge in [-0.3, -0.25) is 0 Å². The number of hydrogen-bond donors (Lipinski definition) is 2. The predicted molar refractivity (Wildman–Crippen MR) is 54.7 cm³/mol. The van der Waals surface area contributed by atoms with Crippen LogP contribution in [0.2, 0.25) is 0 Å². The highest BCUT2D eigenvalue weighted by atomic mass is 14.8. The van der Waals surface area contributed by atoms with Crippen LogP contribution in [0.4, 0.5) is 0 Å². The molecule has 74 valence electrons. The Hall–Kier alpha value is -0.0800. The van der Waals surface area contributed by atoms with Gasteiger partial charge in [0.25, 0.3) is 0 Å². The van der Waals surface area contributed by atoms with Crippen molar-refractivity contribution < 1.29 is 0 Å². The van der Waals surface area contributed by atoms with Gasteiger partial charge in [-0.25, -0.2) is 0 Å². The lowest BCUT2D eigenvalue weighted by atomic mass is 10.0. The molecule has 0 saturated carbocycles. The van der Waals surface area contributed by atoms with E-state index >= 15 is 0 Å². The van der Waals surface area contributed by atoms with Crippen molar-refractivity contribution in [3.63, 3.8) is 0 Å². The molecule has 0 atom stereocenters. The Bertz CT molecular complexity index is 77.8. The zero-order valence-electron chi connectivity index (χ0n) is 8.55. The molecule has 0 unspecified atom stereocenters. The molecular weight excluding hydrogens is 148 g/mol. The standard InChI is InChI=1S/C10H24N2/c1-9(2)7-5-3-4-6-8-10(11)12/h9-10H,3-8,11-12H2,1-2H3. The second-order valence-electron chi connectivity index (χ2n) is 4.05. The third kappa shape index (κ3) is 9.92. The van der Waals surface area contributed by atoms with Crippen LogP contribution in [-0.2, 0) is 0 Å². The summed E-state index contributed by atoms with van der Waals surface area (Å²) in [5.41, 5.74) is 10.9. The zero-order chi connectivity index (χ0) is 9.40. The van der Waals surface area contributed by atoms with Gasteiger partial charge < -0.3 is 11.5 Å². The maximum absolute atomic E-state index is 5.43. The van der Waals surface area contributed by atoms with Gasteiger partial charge in [-0.05, 0) is 12.3 Å². The summed E-state index contributed by atoms with van der Waals surface area (Å²) in [6.07, 6.45) is 7.40. The first-order chi connectivity index (χ1) is 5.63. The fourth-order valence-electron chi connectivity index (χ4n) is 1.29. The van der Waals surface area contributed by atoms with E-state index in [9.17, 15) is 0 Å². The van der Waals surface area contributed by atoms with E-state index in [1.54, 1.807) is 0 Å². The molecule has 0 rings (SSSR count). The highest BCUT2D eigenvalue weighted by Gasteiger charge is 1.96. The Balaban J connectivity index is 2.91. The van der Waals surface area contributed by atoms with Gasteiger partial charge in [-0.15, -0.1) is 0 Å². The van der Waals surface area contributed by atoms with Gasteiger partial charge in [0.15, 0.2) is 0 Å². The van der Waals surface area contributed by atoms with Crippen molar-refractivity contribution in [1.82, 2.24) is 0 Å². The number of rotatable bonds is 7. The van der Waals surface area contributed by atoms with Gasteiger partial charge in [0.1, 0.15) is 0 Å².